The second-order valence-electron chi connectivity index (χ2n) is 1.84. The smallest absolute Gasteiger partial charge is 0.320 e. The third-order valence-electron chi connectivity index (χ3n) is 0.390. The van der Waals surface area contributed by atoms with Crippen molar-refractivity contribution < 1.29 is 40.8 Å². The summed E-state index contributed by atoms with van der Waals surface area (Å²) in [5.74, 6) is -0.963. The Labute approximate surface area is 97.0 Å². The monoisotopic (exact) mass is 278 g/mol. The third kappa shape index (κ3) is 1780. The normalized spacial score (nSPS) is 8.56. The molecule has 0 radical (unpaired) electrons. The fourth-order valence-corrected chi connectivity index (χ4v) is 0. The van der Waals surface area contributed by atoms with Crippen LogP contribution < -0.4 is 5.73 Å². The minimum Gasteiger partial charge on any atom is -0.480 e. The van der Waals surface area contributed by atoms with Gasteiger partial charge in [0.05, 0.1) is 0 Å². The Morgan fingerprint density at radius 2 is 1.06 bits per heavy atom. The van der Waals surface area contributed by atoms with Crippen molar-refractivity contribution in [3.8, 4) is 0 Å². The van der Waals surface area contributed by atoms with Crippen LogP contribution in [0.1, 0.15) is 6.92 Å². The first kappa shape index (κ1) is 24.3. The number of carboxylic acid groups (broad SMARTS) is 1. The van der Waals surface area contributed by atoms with E-state index in [2.05, 4.69) is 0 Å². The van der Waals surface area contributed by atoms with Gasteiger partial charge in [0.25, 0.3) is 15.3 Å². The van der Waals surface area contributed by atoms with Gasteiger partial charge >= 0.3 is 5.97 Å². The molecule has 0 aromatic heterocycles. The first-order valence-corrected chi connectivity index (χ1v) is 3.32. The van der Waals surface area contributed by atoms with Gasteiger partial charge in [-0.15, -0.1) is 30.3 Å². The molecule has 1 unspecified atom stereocenters. The Balaban J connectivity index is -0.0000000742. The Hall–Kier alpha value is -2.97. The summed E-state index contributed by atoms with van der Waals surface area (Å²) in [6, 6.07) is -0.731. The van der Waals surface area contributed by atoms with E-state index in [4.69, 9.17) is 56.8 Å². The second-order valence-corrected chi connectivity index (χ2v) is 1.84. The van der Waals surface area contributed by atoms with Gasteiger partial charge in [-0.1, -0.05) is 0 Å². The molecule has 0 rings (SSSR count). The molecule has 18 heavy (non-hydrogen) atoms. The van der Waals surface area contributed by atoms with Gasteiger partial charge in [0, 0.05) is 0 Å². The van der Waals surface area contributed by atoms with Crippen molar-refractivity contribution in [3.05, 3.63) is 30.3 Å². The Kier molecular flexibility index (Phi) is 22.2. The highest BCUT2D eigenvalue weighted by Crippen LogP contribution is 1.68. The molecule has 0 saturated heterocycles. The van der Waals surface area contributed by atoms with Crippen LogP contribution in [0.15, 0.2) is 0 Å². The minimum atomic E-state index is -1.50. The van der Waals surface area contributed by atoms with E-state index in [9.17, 15) is 4.79 Å². The largest absolute Gasteiger partial charge is 0.480 e. The van der Waals surface area contributed by atoms with Crippen molar-refractivity contribution in [1.82, 2.24) is 0 Å². The lowest BCUT2D eigenvalue weighted by Crippen LogP contribution is -2.25. The zero-order chi connectivity index (χ0) is 15.9. The van der Waals surface area contributed by atoms with Gasteiger partial charge in [-0.3, -0.25) is 4.79 Å². The molecule has 0 aliphatic heterocycles. The molecule has 0 heterocycles. The minimum absolute atomic E-state index is 0.731. The van der Waals surface area contributed by atoms with Crippen molar-refractivity contribution in [3.63, 3.8) is 0 Å². The maximum absolute atomic E-state index is 9.57. The zero-order valence-electron chi connectivity index (χ0n) is 8.64. The van der Waals surface area contributed by atoms with E-state index in [1.807, 2.05) is 0 Å². The molecule has 6 N–H and O–H groups in total. The van der Waals surface area contributed by atoms with Crippen molar-refractivity contribution >= 4 is 5.97 Å². The molecule has 0 aromatic carbocycles. The number of nitrogens with zero attached hydrogens (tertiary/aromatic N) is 3. The molecular weight excluding hydrogens is 268 g/mol. The van der Waals surface area contributed by atoms with Gasteiger partial charge in [0.1, 0.15) is 6.04 Å². The number of carboxylic acids is 1. The molecule has 0 saturated carbocycles. The van der Waals surface area contributed by atoms with E-state index in [1.165, 1.54) is 6.92 Å². The Morgan fingerprint density at radius 3 is 1.06 bits per heavy atom. The molecule has 0 fully saturated rings. The van der Waals surface area contributed by atoms with Gasteiger partial charge in [-0.05, 0) is 6.92 Å². The summed E-state index contributed by atoms with van der Waals surface area (Å²) in [5.41, 5.74) is 4.84. The van der Waals surface area contributed by atoms with Crippen LogP contribution >= 0.6 is 0 Å². The summed E-state index contributed by atoms with van der Waals surface area (Å²) in [5, 5.41) is 48.8. The molecule has 0 aliphatic rings. The molecule has 0 amide bonds. The third-order valence-corrected chi connectivity index (χ3v) is 0.390. The number of rotatable bonds is 1. The lowest BCUT2D eigenvalue weighted by Gasteiger charge is -1.90. The lowest BCUT2D eigenvalue weighted by molar-refractivity contribution is -0.742. The standard InChI is InChI=1S/C3H7NO2.3HNO3/c1-2(4)3(5)6;3*2-1(3)4/h2H,4H2,1H3,(H,5,6);3*(H,2,3,4). The molecule has 108 valence electrons. The van der Waals surface area contributed by atoms with E-state index < -0.39 is 27.3 Å². The summed E-state index contributed by atoms with van der Waals surface area (Å²) in [7, 11) is 0. The summed E-state index contributed by atoms with van der Waals surface area (Å²) >= 11 is 0. The number of hydrogen-bond donors (Lipinski definition) is 5. The Morgan fingerprint density at radius 1 is 1.00 bits per heavy atom. The molecule has 1 atom stereocenters. The van der Waals surface area contributed by atoms with Crippen LogP contribution in [0.25, 0.3) is 0 Å². The summed E-state index contributed by atoms with van der Waals surface area (Å²) < 4.78 is 0. The van der Waals surface area contributed by atoms with Crippen molar-refractivity contribution in [2.24, 2.45) is 5.73 Å². The molecule has 0 aromatic rings. The van der Waals surface area contributed by atoms with Crippen molar-refractivity contribution in [2.75, 3.05) is 0 Å². The molecule has 0 aliphatic carbocycles. The van der Waals surface area contributed by atoms with Gasteiger partial charge < -0.3 is 26.5 Å². The van der Waals surface area contributed by atoms with Crippen LogP contribution in [0.2, 0.25) is 0 Å². The van der Waals surface area contributed by atoms with E-state index in [1.54, 1.807) is 0 Å². The average molecular weight is 278 g/mol. The van der Waals surface area contributed by atoms with Gasteiger partial charge in [0.15, 0.2) is 0 Å². The van der Waals surface area contributed by atoms with E-state index >= 15 is 0 Å². The highest BCUT2D eigenvalue weighted by Gasteiger charge is 1.99. The fourth-order valence-electron chi connectivity index (χ4n) is 0. The van der Waals surface area contributed by atoms with Crippen LogP contribution in [0, 0.1) is 30.3 Å². The van der Waals surface area contributed by atoms with Crippen LogP contribution in [-0.4, -0.2) is 48.0 Å². The van der Waals surface area contributed by atoms with Crippen LogP contribution in [0.3, 0.4) is 0 Å². The quantitative estimate of drug-likeness (QED) is 0.267. The molecular formula is C3H10N4O11. The maximum atomic E-state index is 9.57. The molecule has 15 heteroatoms. The number of carbonyl (C=O) groups is 1. The second kappa shape index (κ2) is 16.5. The predicted octanol–water partition coefficient (Wildman–Crippen LogP) is -1.62. The topological polar surface area (TPSA) is 253 Å². The van der Waals surface area contributed by atoms with Gasteiger partial charge in [-0.2, -0.15) is 0 Å². The Bertz CT molecular complexity index is 222. The van der Waals surface area contributed by atoms with Crippen molar-refractivity contribution in [1.29, 1.82) is 0 Å². The highest BCUT2D eigenvalue weighted by molar-refractivity contribution is 5.72. The van der Waals surface area contributed by atoms with E-state index in [-0.39, 0.29) is 0 Å². The highest BCUT2D eigenvalue weighted by atomic mass is 16.9. The van der Waals surface area contributed by atoms with Crippen molar-refractivity contribution in [2.45, 2.75) is 13.0 Å². The first-order chi connectivity index (χ1) is 7.84. The van der Waals surface area contributed by atoms with Crippen LogP contribution in [-0.2, 0) is 4.79 Å². The molecule has 0 bridgehead atoms. The summed E-state index contributed by atoms with van der Waals surface area (Å²) in [6.45, 7) is 1.42. The number of nitrogens with two attached hydrogens (primary N) is 1. The van der Waals surface area contributed by atoms with Gasteiger partial charge in [0.2, 0.25) is 0 Å². The average Bonchev–Trinajstić information content (AvgIpc) is 1.99. The lowest BCUT2D eigenvalue weighted by atomic mass is 10.4. The van der Waals surface area contributed by atoms with E-state index in [0.29, 0.717) is 0 Å². The zero-order valence-corrected chi connectivity index (χ0v) is 8.64. The van der Waals surface area contributed by atoms with Gasteiger partial charge in [-0.25, -0.2) is 0 Å². The summed E-state index contributed by atoms with van der Waals surface area (Å²) in [6.07, 6.45) is 0. The van der Waals surface area contributed by atoms with Crippen LogP contribution in [0.4, 0.5) is 0 Å². The van der Waals surface area contributed by atoms with E-state index in [0.717, 1.165) is 0 Å². The fraction of sp³-hybridized carbons (Fsp3) is 0.667. The summed E-state index contributed by atoms with van der Waals surface area (Å²) in [4.78, 5) is 34.7. The predicted molar refractivity (Wildman–Crippen MR) is 47.6 cm³/mol. The SMILES string of the molecule is CC(N)C(=O)O.O=[N+]([O-])O.O=[N+]([O-])O.O=[N+]([O-])O. The number of hydrogen-bond acceptors (Lipinski definition) is 8. The maximum Gasteiger partial charge on any atom is 0.320 e. The van der Waals surface area contributed by atoms with Crippen LogP contribution in [0.5, 0.6) is 0 Å². The molecule has 0 spiro atoms. The molecule has 15 nitrogen and oxygen atoms in total. The number of aliphatic carboxylic acids is 1. The first-order valence-electron chi connectivity index (χ1n) is 3.32.